The molecular formula is C42H43N5O9. The third-order valence-corrected chi connectivity index (χ3v) is 8.89. The first-order valence-corrected chi connectivity index (χ1v) is 18.0. The molecule has 0 saturated heterocycles. The summed E-state index contributed by atoms with van der Waals surface area (Å²) < 4.78 is 10.2. The molecule has 0 bridgehead atoms. The average molecular weight is 762 g/mol. The van der Waals surface area contributed by atoms with Crippen LogP contribution in [-0.4, -0.2) is 78.3 Å². The Balaban J connectivity index is 0.000000386. The van der Waals surface area contributed by atoms with Crippen molar-refractivity contribution in [1.29, 1.82) is 0 Å². The van der Waals surface area contributed by atoms with E-state index in [1.807, 2.05) is 60.7 Å². The molecule has 0 saturated carbocycles. The van der Waals surface area contributed by atoms with Crippen LogP contribution in [-0.2, 0) is 36.8 Å². The maximum absolute atomic E-state index is 14.0. The molecule has 0 radical (unpaired) electrons. The van der Waals surface area contributed by atoms with Crippen LogP contribution in [0.25, 0.3) is 11.1 Å². The van der Waals surface area contributed by atoms with Gasteiger partial charge in [-0.1, -0.05) is 78.9 Å². The highest BCUT2D eigenvalue weighted by molar-refractivity contribution is 6.10. The van der Waals surface area contributed by atoms with Gasteiger partial charge in [-0.15, -0.1) is 0 Å². The molecule has 14 heteroatoms. The van der Waals surface area contributed by atoms with Gasteiger partial charge in [0.1, 0.15) is 18.1 Å². The topological polar surface area (TPSA) is 188 Å². The zero-order chi connectivity index (χ0) is 40.0. The smallest absolute Gasteiger partial charge is 0.305 e. The summed E-state index contributed by atoms with van der Waals surface area (Å²) in [6.07, 6.45) is 1.57. The first-order valence-electron chi connectivity index (χ1n) is 18.0. The van der Waals surface area contributed by atoms with E-state index in [4.69, 9.17) is 14.3 Å². The average Bonchev–Trinajstić information content (AvgIpc) is 3.60. The van der Waals surface area contributed by atoms with E-state index in [0.717, 1.165) is 11.1 Å². The molecule has 0 aliphatic carbocycles. The number of aldehydes is 1. The Morgan fingerprint density at radius 3 is 2.12 bits per heavy atom. The molecule has 1 aliphatic rings. The second-order valence-electron chi connectivity index (χ2n) is 13.1. The number of carboxylic acid groups (broad SMARTS) is 1. The molecule has 5 aromatic rings. The van der Waals surface area contributed by atoms with Gasteiger partial charge in [-0.25, -0.2) is 4.98 Å². The van der Waals surface area contributed by atoms with Gasteiger partial charge >= 0.3 is 5.97 Å². The molecule has 0 spiro atoms. The zero-order valence-corrected chi connectivity index (χ0v) is 31.1. The van der Waals surface area contributed by atoms with Crippen LogP contribution >= 0.6 is 0 Å². The second-order valence-corrected chi connectivity index (χ2v) is 13.1. The molecule has 14 nitrogen and oxygen atoms in total. The van der Waals surface area contributed by atoms with Crippen LogP contribution in [0.4, 0.5) is 11.4 Å². The monoisotopic (exact) mass is 761 g/mol. The standard InChI is InChI=1S/C33H36N4O6.C9H7NO3/c1-23(20-32(41)42)34-30(39)22-37-28-15-9-8-14-27(28)36(31(40)19-17-25-12-6-3-7-13-25)21-26(33(37)43)35-29(38)18-16-24-10-4-2-5-11-24;1-12-7-4-2-3-6-9(7)13-8(5-11)10-6/h2-15,23,26H,16-22H2,1H3,(H,34,39)(H,35,38)(H,41,42);2-5H,1H3. The van der Waals surface area contributed by atoms with E-state index >= 15 is 0 Å². The third kappa shape index (κ3) is 10.9. The zero-order valence-electron chi connectivity index (χ0n) is 31.1. The van der Waals surface area contributed by atoms with E-state index in [1.165, 1.54) is 16.9 Å². The summed E-state index contributed by atoms with van der Waals surface area (Å²) in [6.45, 7) is 1.05. The highest BCUT2D eigenvalue weighted by Gasteiger charge is 2.37. The molecule has 3 N–H and O–H groups in total. The van der Waals surface area contributed by atoms with Crippen molar-refractivity contribution in [3.05, 3.63) is 120 Å². The van der Waals surface area contributed by atoms with Crippen molar-refractivity contribution in [2.75, 3.05) is 30.0 Å². The summed E-state index contributed by atoms with van der Waals surface area (Å²) in [5.74, 6) is -2.10. The Hall–Kier alpha value is -6.83. The fourth-order valence-electron chi connectivity index (χ4n) is 6.22. The van der Waals surface area contributed by atoms with Crippen molar-refractivity contribution in [3.63, 3.8) is 0 Å². The number of ether oxygens (including phenoxy) is 1. The Labute approximate surface area is 323 Å². The number of carbonyl (C=O) groups is 6. The molecule has 1 aromatic heterocycles. The predicted octanol–water partition coefficient (Wildman–Crippen LogP) is 4.74. The van der Waals surface area contributed by atoms with Gasteiger partial charge in [0, 0.05) is 18.9 Å². The van der Waals surface area contributed by atoms with E-state index in [-0.39, 0.29) is 43.5 Å². The number of para-hydroxylation sites is 3. The number of benzene rings is 4. The molecular weight excluding hydrogens is 718 g/mol. The quantitative estimate of drug-likeness (QED) is 0.133. The van der Waals surface area contributed by atoms with Gasteiger partial charge in [0.2, 0.25) is 24.0 Å². The summed E-state index contributed by atoms with van der Waals surface area (Å²) in [6, 6.07) is 29.4. The number of aryl methyl sites for hydroxylation is 2. The van der Waals surface area contributed by atoms with Crippen LogP contribution in [0.1, 0.15) is 48.0 Å². The van der Waals surface area contributed by atoms with Crippen LogP contribution in [0.15, 0.2) is 108 Å². The minimum Gasteiger partial charge on any atom is -0.493 e. The molecule has 2 atom stereocenters. The Morgan fingerprint density at radius 2 is 1.50 bits per heavy atom. The van der Waals surface area contributed by atoms with Gasteiger partial charge in [-0.3, -0.25) is 33.7 Å². The number of amides is 4. The lowest BCUT2D eigenvalue weighted by molar-refractivity contribution is -0.137. The van der Waals surface area contributed by atoms with E-state index in [1.54, 1.807) is 49.4 Å². The van der Waals surface area contributed by atoms with Crippen molar-refractivity contribution in [2.45, 2.75) is 51.1 Å². The summed E-state index contributed by atoms with van der Waals surface area (Å²) in [7, 11) is 1.54. The Bertz CT molecular complexity index is 2160. The van der Waals surface area contributed by atoms with E-state index in [2.05, 4.69) is 15.6 Å². The number of nitrogens with zero attached hydrogens (tertiary/aromatic N) is 3. The predicted molar refractivity (Wildman–Crippen MR) is 208 cm³/mol. The minimum absolute atomic E-state index is 0.0690. The molecule has 4 amide bonds. The lowest BCUT2D eigenvalue weighted by Gasteiger charge is -2.25. The van der Waals surface area contributed by atoms with Gasteiger partial charge in [0.05, 0.1) is 31.5 Å². The number of hydrogen-bond acceptors (Lipinski definition) is 9. The largest absolute Gasteiger partial charge is 0.493 e. The van der Waals surface area contributed by atoms with Crippen LogP contribution in [0, 0.1) is 0 Å². The van der Waals surface area contributed by atoms with Gasteiger partial charge in [0.15, 0.2) is 11.3 Å². The number of hydrogen-bond donors (Lipinski definition) is 3. The van der Waals surface area contributed by atoms with Gasteiger partial charge < -0.3 is 29.8 Å². The molecule has 4 aromatic carbocycles. The third-order valence-electron chi connectivity index (χ3n) is 8.89. The highest BCUT2D eigenvalue weighted by Crippen LogP contribution is 2.33. The second kappa shape index (κ2) is 19.5. The summed E-state index contributed by atoms with van der Waals surface area (Å²) in [5.41, 5.74) is 3.90. The number of fused-ring (bicyclic) bond motifs is 2. The lowest BCUT2D eigenvalue weighted by atomic mass is 10.1. The van der Waals surface area contributed by atoms with Gasteiger partial charge in [-0.2, -0.15) is 0 Å². The van der Waals surface area contributed by atoms with Crippen molar-refractivity contribution >= 4 is 58.4 Å². The first kappa shape index (κ1) is 40.4. The molecule has 1 aliphatic heterocycles. The van der Waals surface area contributed by atoms with Crippen LogP contribution < -0.4 is 25.2 Å². The van der Waals surface area contributed by atoms with Crippen molar-refractivity contribution in [3.8, 4) is 5.75 Å². The normalized spacial score (nSPS) is 14.0. The maximum atomic E-state index is 14.0. The molecule has 0 fully saturated rings. The summed E-state index contributed by atoms with van der Waals surface area (Å²) in [5, 5.41) is 14.5. The SMILES string of the molecule is CC(CC(=O)O)NC(=O)CN1C(=O)C(NC(=O)CCc2ccccc2)CN(C(=O)CCc2ccccc2)c2ccccc21.COc1cccc2nc(C=O)oc12. The summed E-state index contributed by atoms with van der Waals surface area (Å²) >= 11 is 0. The number of aromatic nitrogens is 1. The lowest BCUT2D eigenvalue weighted by Crippen LogP contribution is -2.54. The minimum atomic E-state index is -1.11. The van der Waals surface area contributed by atoms with Crippen molar-refractivity contribution in [1.82, 2.24) is 15.6 Å². The van der Waals surface area contributed by atoms with Crippen LogP contribution in [0.2, 0.25) is 0 Å². The number of rotatable bonds is 14. The Morgan fingerprint density at radius 1 is 0.875 bits per heavy atom. The van der Waals surface area contributed by atoms with Gasteiger partial charge in [0.25, 0.3) is 11.8 Å². The maximum Gasteiger partial charge on any atom is 0.305 e. The van der Waals surface area contributed by atoms with Gasteiger partial charge in [-0.05, 0) is 55.2 Å². The highest BCUT2D eigenvalue weighted by atomic mass is 16.5. The van der Waals surface area contributed by atoms with Crippen LogP contribution in [0.3, 0.4) is 0 Å². The van der Waals surface area contributed by atoms with E-state index in [0.29, 0.717) is 47.4 Å². The van der Waals surface area contributed by atoms with Crippen molar-refractivity contribution in [2.24, 2.45) is 0 Å². The molecule has 56 heavy (non-hydrogen) atoms. The van der Waals surface area contributed by atoms with Crippen molar-refractivity contribution < 1.29 is 43.0 Å². The first-order chi connectivity index (χ1) is 27.1. The number of methoxy groups -OCH3 is 1. The Kier molecular flexibility index (Phi) is 14.0. The van der Waals surface area contributed by atoms with Crippen LogP contribution in [0.5, 0.6) is 5.75 Å². The summed E-state index contributed by atoms with van der Waals surface area (Å²) in [4.78, 5) is 81.8. The number of carboxylic acids is 1. The fraction of sp³-hybridized carbons (Fsp3) is 0.262. The number of anilines is 2. The fourth-order valence-corrected chi connectivity index (χ4v) is 6.22. The molecule has 290 valence electrons. The number of oxazole rings is 1. The van der Waals surface area contributed by atoms with E-state index in [9.17, 15) is 28.8 Å². The van der Waals surface area contributed by atoms with E-state index < -0.39 is 36.4 Å². The molecule has 2 heterocycles. The number of nitrogens with one attached hydrogen (secondary N) is 2. The molecule has 2 unspecified atom stereocenters. The number of aliphatic carboxylic acids is 1. The molecule has 6 rings (SSSR count). The number of carbonyl (C=O) groups excluding carboxylic acids is 5.